The minimum atomic E-state index is -4.75. The number of hydrogen-bond donors (Lipinski definition) is 1. The quantitative estimate of drug-likeness (QED) is 0.839. The van der Waals surface area contributed by atoms with Crippen LogP contribution >= 0.6 is 15.9 Å². The monoisotopic (exact) mass is 367 g/mol. The van der Waals surface area contributed by atoms with Gasteiger partial charge in [-0.15, -0.1) is 13.2 Å². The molecule has 0 aliphatic heterocycles. The van der Waals surface area contributed by atoms with Crippen molar-refractivity contribution in [2.24, 2.45) is 5.92 Å². The van der Waals surface area contributed by atoms with Crippen molar-refractivity contribution >= 4 is 21.8 Å². The molecule has 0 aromatic heterocycles. The van der Waals surface area contributed by atoms with Crippen molar-refractivity contribution in [2.75, 3.05) is 13.2 Å². The Labute approximate surface area is 127 Å². The van der Waals surface area contributed by atoms with Gasteiger partial charge in [0.15, 0.2) is 6.61 Å². The molecule has 4 nitrogen and oxygen atoms in total. The molecule has 2 rings (SSSR count). The lowest BCUT2D eigenvalue weighted by molar-refractivity contribution is -0.274. The van der Waals surface area contributed by atoms with Gasteiger partial charge in [-0.1, -0.05) is 0 Å². The zero-order chi connectivity index (χ0) is 15.5. The fraction of sp³-hybridized carbons (Fsp3) is 0.462. The maximum absolute atomic E-state index is 12.1. The first-order valence-corrected chi connectivity index (χ1v) is 7.07. The number of nitrogens with one attached hydrogen (secondary N) is 1. The summed E-state index contributed by atoms with van der Waals surface area (Å²) in [7, 11) is 0. The van der Waals surface area contributed by atoms with Crippen molar-refractivity contribution in [1.82, 2.24) is 5.32 Å². The summed E-state index contributed by atoms with van der Waals surface area (Å²) in [6, 6.07) is 3.56. The van der Waals surface area contributed by atoms with Gasteiger partial charge in [-0.05, 0) is 52.9 Å². The maximum Gasteiger partial charge on any atom is 0.573 e. The fourth-order valence-electron chi connectivity index (χ4n) is 1.57. The molecule has 0 radical (unpaired) electrons. The molecule has 0 saturated heterocycles. The Kier molecular flexibility index (Phi) is 4.97. The van der Waals surface area contributed by atoms with Crippen LogP contribution in [0.3, 0.4) is 0 Å². The van der Waals surface area contributed by atoms with E-state index >= 15 is 0 Å². The molecule has 1 aromatic rings. The van der Waals surface area contributed by atoms with Crippen LogP contribution in [0.15, 0.2) is 22.7 Å². The number of hydrogen-bond acceptors (Lipinski definition) is 3. The molecular formula is C13H13BrF3NO3. The summed E-state index contributed by atoms with van der Waals surface area (Å²) in [5.41, 5.74) is 0. The number of carbonyl (C=O) groups excluding carboxylic acids is 1. The summed E-state index contributed by atoms with van der Waals surface area (Å²) in [6.07, 6.45) is -2.48. The van der Waals surface area contributed by atoms with Crippen LogP contribution in [0.25, 0.3) is 0 Å². The van der Waals surface area contributed by atoms with Crippen molar-refractivity contribution < 1.29 is 27.4 Å². The third kappa shape index (κ3) is 5.82. The molecule has 0 spiro atoms. The van der Waals surface area contributed by atoms with Crippen molar-refractivity contribution in [3.05, 3.63) is 22.7 Å². The van der Waals surface area contributed by atoms with Gasteiger partial charge in [0.25, 0.3) is 5.91 Å². The normalized spacial score (nSPS) is 14.7. The van der Waals surface area contributed by atoms with Crippen LogP contribution in [0.5, 0.6) is 11.5 Å². The maximum atomic E-state index is 12.1. The van der Waals surface area contributed by atoms with Gasteiger partial charge in [-0.2, -0.15) is 0 Å². The van der Waals surface area contributed by atoms with Gasteiger partial charge in [0.1, 0.15) is 11.5 Å². The van der Waals surface area contributed by atoms with Crippen molar-refractivity contribution in [3.8, 4) is 11.5 Å². The summed E-state index contributed by atoms with van der Waals surface area (Å²) in [5.74, 6) is 0.218. The van der Waals surface area contributed by atoms with Crippen LogP contribution in [0.2, 0.25) is 0 Å². The second-order valence-electron chi connectivity index (χ2n) is 4.68. The molecule has 1 fully saturated rings. The number of halogens is 4. The Bertz CT molecular complexity index is 518. The lowest BCUT2D eigenvalue weighted by Crippen LogP contribution is -2.30. The van der Waals surface area contributed by atoms with Crippen LogP contribution < -0.4 is 14.8 Å². The Balaban J connectivity index is 1.83. The average molecular weight is 368 g/mol. The van der Waals surface area contributed by atoms with E-state index in [9.17, 15) is 18.0 Å². The van der Waals surface area contributed by atoms with Gasteiger partial charge in [0.05, 0.1) is 4.47 Å². The zero-order valence-electron chi connectivity index (χ0n) is 10.9. The number of alkyl halides is 3. The third-order valence-electron chi connectivity index (χ3n) is 2.78. The van der Waals surface area contributed by atoms with Crippen molar-refractivity contribution in [1.29, 1.82) is 0 Å². The predicted molar refractivity (Wildman–Crippen MR) is 72.1 cm³/mol. The highest BCUT2D eigenvalue weighted by atomic mass is 79.9. The zero-order valence-corrected chi connectivity index (χ0v) is 12.5. The van der Waals surface area contributed by atoms with Crippen LogP contribution in [-0.2, 0) is 4.79 Å². The predicted octanol–water partition coefficient (Wildman–Crippen LogP) is 3.25. The molecule has 0 unspecified atom stereocenters. The molecule has 0 bridgehead atoms. The summed E-state index contributed by atoms with van der Waals surface area (Å²) in [4.78, 5) is 11.5. The van der Waals surface area contributed by atoms with Crippen LogP contribution in [0.1, 0.15) is 12.8 Å². The van der Waals surface area contributed by atoms with E-state index in [0.717, 1.165) is 25.0 Å². The van der Waals surface area contributed by atoms with Gasteiger partial charge in [-0.25, -0.2) is 0 Å². The van der Waals surface area contributed by atoms with E-state index in [2.05, 4.69) is 26.0 Å². The number of benzene rings is 1. The first-order valence-electron chi connectivity index (χ1n) is 6.28. The largest absolute Gasteiger partial charge is 0.573 e. The summed E-state index contributed by atoms with van der Waals surface area (Å²) in [5, 5.41) is 2.72. The first kappa shape index (κ1) is 15.9. The minimum Gasteiger partial charge on any atom is -0.483 e. The van der Waals surface area contributed by atoms with E-state index in [1.807, 2.05) is 0 Å². The second kappa shape index (κ2) is 6.55. The lowest BCUT2D eigenvalue weighted by atomic mass is 10.3. The molecule has 8 heteroatoms. The number of amides is 1. The van der Waals surface area contributed by atoms with Gasteiger partial charge in [0.2, 0.25) is 0 Å². The van der Waals surface area contributed by atoms with Gasteiger partial charge in [0, 0.05) is 6.54 Å². The number of ether oxygens (including phenoxy) is 2. The van der Waals surface area contributed by atoms with Crippen molar-refractivity contribution in [3.63, 3.8) is 0 Å². The van der Waals surface area contributed by atoms with E-state index in [1.165, 1.54) is 6.07 Å². The van der Waals surface area contributed by atoms with Gasteiger partial charge < -0.3 is 14.8 Å². The lowest BCUT2D eigenvalue weighted by Gasteiger charge is -2.12. The second-order valence-corrected chi connectivity index (χ2v) is 5.53. The molecule has 1 aliphatic rings. The minimum absolute atomic E-state index is 0.190. The van der Waals surface area contributed by atoms with E-state index in [-0.39, 0.29) is 28.5 Å². The molecule has 21 heavy (non-hydrogen) atoms. The molecule has 0 heterocycles. The van der Waals surface area contributed by atoms with Gasteiger partial charge in [-0.3, -0.25) is 4.79 Å². The fourth-order valence-corrected chi connectivity index (χ4v) is 2.04. The first-order chi connectivity index (χ1) is 9.83. The Morgan fingerprint density at radius 2 is 2.10 bits per heavy atom. The number of rotatable bonds is 6. The molecule has 1 aliphatic carbocycles. The van der Waals surface area contributed by atoms with Crippen LogP contribution in [0.4, 0.5) is 13.2 Å². The highest BCUT2D eigenvalue weighted by molar-refractivity contribution is 9.10. The molecule has 1 saturated carbocycles. The highest BCUT2D eigenvalue weighted by Gasteiger charge is 2.31. The Morgan fingerprint density at radius 1 is 1.38 bits per heavy atom. The standard InChI is InChI=1S/C13H13BrF3NO3/c14-10-5-9(21-13(15,16)17)3-4-11(10)20-7-12(19)18-6-8-1-2-8/h3-5,8H,1-2,6-7H2,(H,18,19). The molecule has 116 valence electrons. The van der Waals surface area contributed by atoms with Crippen LogP contribution in [0, 0.1) is 5.92 Å². The summed E-state index contributed by atoms with van der Waals surface area (Å²) >= 11 is 3.07. The summed E-state index contributed by atoms with van der Waals surface area (Å²) < 4.78 is 45.5. The Hall–Kier alpha value is -1.44. The molecule has 1 amide bonds. The molecular weight excluding hydrogens is 355 g/mol. The molecule has 0 atom stereocenters. The highest BCUT2D eigenvalue weighted by Crippen LogP contribution is 2.32. The van der Waals surface area contributed by atoms with Crippen LogP contribution in [-0.4, -0.2) is 25.4 Å². The SMILES string of the molecule is O=C(COc1ccc(OC(F)(F)F)cc1Br)NCC1CC1. The van der Waals surface area contributed by atoms with E-state index in [0.29, 0.717) is 12.5 Å². The third-order valence-corrected chi connectivity index (χ3v) is 3.40. The number of carbonyl (C=O) groups is 1. The molecule has 1 aromatic carbocycles. The van der Waals surface area contributed by atoms with Crippen molar-refractivity contribution in [2.45, 2.75) is 19.2 Å². The molecule has 1 N–H and O–H groups in total. The van der Waals surface area contributed by atoms with E-state index < -0.39 is 6.36 Å². The van der Waals surface area contributed by atoms with E-state index in [1.54, 1.807) is 0 Å². The summed E-state index contributed by atoms with van der Waals surface area (Å²) in [6.45, 7) is 0.451. The van der Waals surface area contributed by atoms with Gasteiger partial charge >= 0.3 is 6.36 Å². The Morgan fingerprint density at radius 3 is 2.67 bits per heavy atom. The average Bonchev–Trinajstić information content (AvgIpc) is 3.17. The topological polar surface area (TPSA) is 47.6 Å². The smallest absolute Gasteiger partial charge is 0.483 e. The van der Waals surface area contributed by atoms with E-state index in [4.69, 9.17) is 4.74 Å².